The molecule has 3 unspecified atom stereocenters. The van der Waals surface area contributed by atoms with E-state index in [9.17, 15) is 4.21 Å². The van der Waals surface area contributed by atoms with Gasteiger partial charge in [0, 0.05) is 22.6 Å². The highest BCUT2D eigenvalue weighted by atomic mass is 32.2. The molecule has 0 amide bonds. The first-order valence-corrected chi connectivity index (χ1v) is 7.09. The van der Waals surface area contributed by atoms with Gasteiger partial charge < -0.3 is 5.32 Å². The maximum Gasteiger partial charge on any atom is 0.0514 e. The van der Waals surface area contributed by atoms with E-state index in [4.69, 9.17) is 0 Å². The zero-order valence-corrected chi connectivity index (χ0v) is 11.3. The Morgan fingerprint density at radius 3 is 2.31 bits per heavy atom. The molecule has 0 aliphatic carbocycles. The Hall–Kier alpha value is -0.670. The van der Waals surface area contributed by atoms with E-state index in [2.05, 4.69) is 36.5 Å². The van der Waals surface area contributed by atoms with Crippen LogP contribution < -0.4 is 5.32 Å². The van der Waals surface area contributed by atoms with Gasteiger partial charge in [-0.3, -0.25) is 4.21 Å². The van der Waals surface area contributed by atoms with E-state index >= 15 is 0 Å². The Morgan fingerprint density at radius 1 is 1.31 bits per heavy atom. The highest BCUT2D eigenvalue weighted by Crippen LogP contribution is 2.20. The third-order valence-corrected chi connectivity index (χ3v) is 4.59. The molecule has 0 aliphatic heterocycles. The first-order chi connectivity index (χ1) is 7.60. The van der Waals surface area contributed by atoms with Gasteiger partial charge in [-0.25, -0.2) is 0 Å². The second-order valence-electron chi connectivity index (χ2n) is 4.05. The van der Waals surface area contributed by atoms with E-state index in [0.717, 1.165) is 0 Å². The van der Waals surface area contributed by atoms with E-state index in [0.29, 0.717) is 5.75 Å². The number of rotatable bonds is 5. The molecule has 0 aliphatic rings. The maximum atomic E-state index is 11.8. The number of benzene rings is 1. The summed E-state index contributed by atoms with van der Waals surface area (Å²) in [5.74, 6) is 0.714. The van der Waals surface area contributed by atoms with Gasteiger partial charge >= 0.3 is 0 Å². The van der Waals surface area contributed by atoms with Crippen LogP contribution in [0.1, 0.15) is 31.0 Å². The van der Waals surface area contributed by atoms with Gasteiger partial charge in [0.05, 0.1) is 5.25 Å². The maximum absolute atomic E-state index is 11.8. The topological polar surface area (TPSA) is 29.1 Å². The van der Waals surface area contributed by atoms with E-state index in [1.54, 1.807) is 0 Å². The van der Waals surface area contributed by atoms with Crippen molar-refractivity contribution in [1.29, 1.82) is 0 Å². The zero-order valence-electron chi connectivity index (χ0n) is 10.5. The molecular weight excluding hydrogens is 218 g/mol. The van der Waals surface area contributed by atoms with Gasteiger partial charge in [0.15, 0.2) is 0 Å². The molecule has 90 valence electrons. The average Bonchev–Trinajstić information content (AvgIpc) is 2.31. The summed E-state index contributed by atoms with van der Waals surface area (Å²) in [7, 11) is 1.15. The Balaban J connectivity index is 2.89. The summed E-state index contributed by atoms with van der Waals surface area (Å²) in [6, 6.07) is 8.59. The van der Waals surface area contributed by atoms with Crippen molar-refractivity contribution in [2.45, 2.75) is 32.1 Å². The Bertz CT molecular complexity index is 347. The second kappa shape index (κ2) is 6.16. The molecule has 0 saturated heterocycles. The molecule has 0 heterocycles. The van der Waals surface area contributed by atoms with Crippen molar-refractivity contribution in [3.63, 3.8) is 0 Å². The summed E-state index contributed by atoms with van der Waals surface area (Å²) < 4.78 is 11.8. The number of nitrogens with one attached hydrogen (secondary N) is 1. The van der Waals surface area contributed by atoms with Crippen LogP contribution in [0.5, 0.6) is 0 Å². The normalized spacial score (nSPS) is 16.8. The van der Waals surface area contributed by atoms with Crippen LogP contribution in [0.15, 0.2) is 24.3 Å². The van der Waals surface area contributed by atoms with E-state index in [1.165, 1.54) is 11.1 Å². The fraction of sp³-hybridized carbons (Fsp3) is 0.538. The van der Waals surface area contributed by atoms with Crippen LogP contribution in [-0.4, -0.2) is 22.3 Å². The standard InChI is InChI=1S/C13H21NOS/c1-5-16(15)11(3)13(14-4)12-8-6-10(2)7-9-12/h6-9,11,13-14H,5H2,1-4H3. The monoisotopic (exact) mass is 239 g/mol. The molecule has 1 aromatic carbocycles. The molecule has 0 saturated carbocycles. The Kier molecular flexibility index (Phi) is 5.16. The third kappa shape index (κ3) is 3.16. The molecule has 0 radical (unpaired) electrons. The summed E-state index contributed by atoms with van der Waals surface area (Å²) >= 11 is 0. The van der Waals surface area contributed by atoms with Gasteiger partial charge in [0.2, 0.25) is 0 Å². The van der Waals surface area contributed by atoms with Crippen LogP contribution in [0.4, 0.5) is 0 Å². The van der Waals surface area contributed by atoms with Crippen molar-refractivity contribution < 1.29 is 4.21 Å². The molecular formula is C13H21NOS. The lowest BCUT2D eigenvalue weighted by molar-refractivity contribution is 0.570. The minimum absolute atomic E-state index is 0.137. The molecule has 1 N–H and O–H groups in total. The van der Waals surface area contributed by atoms with Crippen molar-refractivity contribution in [3.05, 3.63) is 35.4 Å². The first kappa shape index (κ1) is 13.4. The smallest absolute Gasteiger partial charge is 0.0514 e. The fourth-order valence-corrected chi connectivity index (χ4v) is 2.98. The van der Waals surface area contributed by atoms with E-state index in [-0.39, 0.29) is 11.3 Å². The average molecular weight is 239 g/mol. The predicted octanol–water partition coefficient (Wildman–Crippen LogP) is 2.41. The molecule has 0 fully saturated rings. The van der Waals surface area contributed by atoms with Gasteiger partial charge in [-0.05, 0) is 26.5 Å². The molecule has 3 heteroatoms. The molecule has 0 bridgehead atoms. The Labute approximate surface area is 101 Å². The van der Waals surface area contributed by atoms with Crippen LogP contribution in [0.3, 0.4) is 0 Å². The van der Waals surface area contributed by atoms with Crippen molar-refractivity contribution in [3.8, 4) is 0 Å². The quantitative estimate of drug-likeness (QED) is 0.855. The van der Waals surface area contributed by atoms with Gasteiger partial charge in [-0.2, -0.15) is 0 Å². The second-order valence-corrected chi connectivity index (χ2v) is 6.13. The zero-order chi connectivity index (χ0) is 12.1. The molecule has 2 nitrogen and oxygen atoms in total. The lowest BCUT2D eigenvalue weighted by Crippen LogP contribution is -2.31. The van der Waals surface area contributed by atoms with Crippen LogP contribution in [0, 0.1) is 6.92 Å². The molecule has 3 atom stereocenters. The number of hydrogen-bond acceptors (Lipinski definition) is 2. The third-order valence-electron chi connectivity index (χ3n) is 2.92. The lowest BCUT2D eigenvalue weighted by Gasteiger charge is -2.23. The van der Waals surface area contributed by atoms with Crippen LogP contribution in [-0.2, 0) is 10.8 Å². The van der Waals surface area contributed by atoms with Gasteiger partial charge in [-0.1, -0.05) is 36.8 Å². The minimum Gasteiger partial charge on any atom is -0.312 e. The fourth-order valence-electron chi connectivity index (χ4n) is 1.86. The minimum atomic E-state index is -0.770. The van der Waals surface area contributed by atoms with E-state index in [1.807, 2.05) is 20.9 Å². The van der Waals surface area contributed by atoms with Crippen molar-refractivity contribution in [1.82, 2.24) is 5.32 Å². The SMILES string of the molecule is CCS(=O)C(C)C(NC)c1ccc(C)cc1. The largest absolute Gasteiger partial charge is 0.312 e. The summed E-state index contributed by atoms with van der Waals surface area (Å²) in [6.45, 7) is 6.08. The summed E-state index contributed by atoms with van der Waals surface area (Å²) in [5, 5.41) is 3.40. The lowest BCUT2D eigenvalue weighted by atomic mass is 10.0. The van der Waals surface area contributed by atoms with Crippen molar-refractivity contribution >= 4 is 10.8 Å². The molecule has 16 heavy (non-hydrogen) atoms. The molecule has 1 aromatic rings. The summed E-state index contributed by atoms with van der Waals surface area (Å²) in [5.41, 5.74) is 2.46. The van der Waals surface area contributed by atoms with Gasteiger partial charge in [0.1, 0.15) is 0 Å². The molecule has 0 aromatic heterocycles. The molecule has 1 rings (SSSR count). The summed E-state index contributed by atoms with van der Waals surface area (Å²) in [4.78, 5) is 0. The van der Waals surface area contributed by atoms with Crippen LogP contribution >= 0.6 is 0 Å². The Morgan fingerprint density at radius 2 is 1.88 bits per heavy atom. The van der Waals surface area contributed by atoms with Crippen LogP contribution in [0.25, 0.3) is 0 Å². The van der Waals surface area contributed by atoms with Gasteiger partial charge in [0.25, 0.3) is 0 Å². The number of aryl methyl sites for hydroxylation is 1. The molecule has 0 spiro atoms. The predicted molar refractivity (Wildman–Crippen MR) is 71.1 cm³/mol. The summed E-state index contributed by atoms with van der Waals surface area (Å²) in [6.07, 6.45) is 0. The van der Waals surface area contributed by atoms with Crippen molar-refractivity contribution in [2.75, 3.05) is 12.8 Å². The van der Waals surface area contributed by atoms with E-state index < -0.39 is 10.8 Å². The van der Waals surface area contributed by atoms with Gasteiger partial charge in [-0.15, -0.1) is 0 Å². The van der Waals surface area contributed by atoms with Crippen LogP contribution in [0.2, 0.25) is 0 Å². The van der Waals surface area contributed by atoms with Crippen molar-refractivity contribution in [2.24, 2.45) is 0 Å². The first-order valence-electron chi connectivity index (χ1n) is 5.71. The highest BCUT2D eigenvalue weighted by Gasteiger charge is 2.21. The number of hydrogen-bond donors (Lipinski definition) is 1. The highest BCUT2D eigenvalue weighted by molar-refractivity contribution is 7.85.